The molecule has 0 aliphatic carbocycles. The van der Waals surface area contributed by atoms with Gasteiger partial charge in [-0.1, -0.05) is 24.3 Å². The van der Waals surface area contributed by atoms with Crippen LogP contribution in [0.5, 0.6) is 0 Å². The van der Waals surface area contributed by atoms with Crippen LogP contribution in [0.3, 0.4) is 0 Å². The Kier molecular flexibility index (Phi) is 3.42. The quantitative estimate of drug-likeness (QED) is 0.496. The molecule has 22 heavy (non-hydrogen) atoms. The molecule has 0 aromatic heterocycles. The summed E-state index contributed by atoms with van der Waals surface area (Å²) in [6.07, 6.45) is 0. The van der Waals surface area contributed by atoms with E-state index in [-0.39, 0.29) is 23.4 Å². The Balaban J connectivity index is 2.21. The zero-order chi connectivity index (χ0) is 15.7. The standard InChI is InChI=1S/C16H10FNO4/c17-11-7-5-10(6-8-11)13-9-22-16(19)15(13)12-3-1-2-4-14(12)18(20)21/h1-8H,9H2. The first-order chi connectivity index (χ1) is 10.6. The summed E-state index contributed by atoms with van der Waals surface area (Å²) < 4.78 is 18.1. The van der Waals surface area contributed by atoms with Crippen LogP contribution in [-0.2, 0) is 9.53 Å². The molecule has 0 bridgehead atoms. The normalized spacial score (nSPS) is 14.1. The number of carbonyl (C=O) groups excluding carboxylic acids is 1. The third kappa shape index (κ3) is 2.35. The maximum Gasteiger partial charge on any atom is 0.339 e. The summed E-state index contributed by atoms with van der Waals surface area (Å²) in [5.74, 6) is -1.02. The fraction of sp³-hybridized carbons (Fsp3) is 0.0625. The first-order valence-electron chi connectivity index (χ1n) is 6.48. The van der Waals surface area contributed by atoms with Gasteiger partial charge in [0.2, 0.25) is 0 Å². The van der Waals surface area contributed by atoms with E-state index in [1.54, 1.807) is 6.07 Å². The SMILES string of the molecule is O=C1OCC(c2ccc(F)cc2)=C1c1ccccc1[N+](=O)[O-]. The molecule has 5 nitrogen and oxygen atoms in total. The zero-order valence-corrected chi connectivity index (χ0v) is 11.3. The third-order valence-electron chi connectivity index (χ3n) is 3.42. The van der Waals surface area contributed by atoms with Crippen molar-refractivity contribution in [2.24, 2.45) is 0 Å². The summed E-state index contributed by atoms with van der Waals surface area (Å²) in [5.41, 5.74) is 1.30. The van der Waals surface area contributed by atoms with Crippen LogP contribution in [-0.4, -0.2) is 17.5 Å². The number of nitro benzene ring substituents is 1. The summed E-state index contributed by atoms with van der Waals surface area (Å²) >= 11 is 0. The van der Waals surface area contributed by atoms with Crippen LogP contribution < -0.4 is 0 Å². The number of nitrogens with zero attached hydrogens (tertiary/aromatic N) is 1. The van der Waals surface area contributed by atoms with Crippen molar-refractivity contribution in [3.8, 4) is 0 Å². The van der Waals surface area contributed by atoms with Gasteiger partial charge in [-0.25, -0.2) is 9.18 Å². The van der Waals surface area contributed by atoms with Gasteiger partial charge >= 0.3 is 5.97 Å². The maximum absolute atomic E-state index is 13.0. The lowest BCUT2D eigenvalue weighted by atomic mass is 9.95. The van der Waals surface area contributed by atoms with E-state index < -0.39 is 16.7 Å². The number of nitro groups is 1. The average Bonchev–Trinajstić information content (AvgIpc) is 2.89. The van der Waals surface area contributed by atoms with Gasteiger partial charge in [0.15, 0.2) is 0 Å². The molecule has 0 atom stereocenters. The number of rotatable bonds is 3. The minimum atomic E-state index is -0.617. The minimum absolute atomic E-state index is 0.00580. The highest BCUT2D eigenvalue weighted by molar-refractivity contribution is 6.28. The molecule has 0 saturated heterocycles. The van der Waals surface area contributed by atoms with Crippen LogP contribution in [0, 0.1) is 15.9 Å². The van der Waals surface area contributed by atoms with Gasteiger partial charge in [-0.15, -0.1) is 0 Å². The molecular formula is C16H10FNO4. The lowest BCUT2D eigenvalue weighted by Gasteiger charge is -2.05. The van der Waals surface area contributed by atoms with Gasteiger partial charge in [0.25, 0.3) is 5.69 Å². The number of halogens is 1. The molecule has 0 N–H and O–H groups in total. The minimum Gasteiger partial charge on any atom is -0.457 e. The van der Waals surface area contributed by atoms with Crippen molar-refractivity contribution in [2.45, 2.75) is 0 Å². The predicted octanol–water partition coefficient (Wildman–Crippen LogP) is 3.20. The van der Waals surface area contributed by atoms with Gasteiger partial charge in [0, 0.05) is 11.6 Å². The van der Waals surface area contributed by atoms with Crippen molar-refractivity contribution in [2.75, 3.05) is 6.61 Å². The molecule has 0 spiro atoms. The monoisotopic (exact) mass is 299 g/mol. The Hall–Kier alpha value is -3.02. The molecule has 1 aliphatic rings. The van der Waals surface area contributed by atoms with Crippen LogP contribution in [0.2, 0.25) is 0 Å². The third-order valence-corrected chi connectivity index (χ3v) is 3.42. The van der Waals surface area contributed by atoms with Gasteiger partial charge in [0.1, 0.15) is 12.4 Å². The molecular weight excluding hydrogens is 289 g/mol. The summed E-state index contributed by atoms with van der Waals surface area (Å²) in [6.45, 7) is 0.00580. The van der Waals surface area contributed by atoms with Gasteiger partial charge in [-0.05, 0) is 23.8 Å². The lowest BCUT2D eigenvalue weighted by Crippen LogP contribution is -2.02. The Bertz CT molecular complexity index is 796. The lowest BCUT2D eigenvalue weighted by molar-refractivity contribution is -0.385. The van der Waals surface area contributed by atoms with Crippen molar-refractivity contribution < 1.29 is 18.8 Å². The number of carbonyl (C=O) groups is 1. The fourth-order valence-electron chi connectivity index (χ4n) is 2.40. The van der Waals surface area contributed by atoms with E-state index >= 15 is 0 Å². The van der Waals surface area contributed by atoms with Crippen LogP contribution >= 0.6 is 0 Å². The topological polar surface area (TPSA) is 69.4 Å². The zero-order valence-electron chi connectivity index (χ0n) is 11.3. The van der Waals surface area contributed by atoms with E-state index in [0.29, 0.717) is 11.1 Å². The predicted molar refractivity (Wildman–Crippen MR) is 77.3 cm³/mol. The van der Waals surface area contributed by atoms with Gasteiger partial charge in [-0.3, -0.25) is 10.1 Å². The molecule has 2 aromatic rings. The van der Waals surface area contributed by atoms with E-state index in [0.717, 1.165) is 0 Å². The van der Waals surface area contributed by atoms with E-state index in [1.165, 1.54) is 42.5 Å². The molecule has 1 aliphatic heterocycles. The first-order valence-corrected chi connectivity index (χ1v) is 6.48. The van der Waals surface area contributed by atoms with Gasteiger partial charge in [0.05, 0.1) is 16.1 Å². The second-order valence-electron chi connectivity index (χ2n) is 4.71. The van der Waals surface area contributed by atoms with Crippen LogP contribution in [0.4, 0.5) is 10.1 Å². The smallest absolute Gasteiger partial charge is 0.339 e. The average molecular weight is 299 g/mol. The molecule has 0 saturated carbocycles. The first kappa shape index (κ1) is 13.9. The van der Waals surface area contributed by atoms with Crippen molar-refractivity contribution in [3.05, 3.63) is 75.6 Å². The highest BCUT2D eigenvalue weighted by Gasteiger charge is 2.31. The second kappa shape index (κ2) is 5.40. The van der Waals surface area contributed by atoms with E-state index in [1.807, 2.05) is 0 Å². The van der Waals surface area contributed by atoms with Gasteiger partial charge < -0.3 is 4.74 Å². The molecule has 110 valence electrons. The Morgan fingerprint density at radius 3 is 2.45 bits per heavy atom. The van der Waals surface area contributed by atoms with Crippen LogP contribution in [0.25, 0.3) is 11.1 Å². The fourth-order valence-corrected chi connectivity index (χ4v) is 2.40. The van der Waals surface area contributed by atoms with Crippen molar-refractivity contribution >= 4 is 22.8 Å². The van der Waals surface area contributed by atoms with Gasteiger partial charge in [-0.2, -0.15) is 0 Å². The summed E-state index contributed by atoms with van der Waals surface area (Å²) in [6, 6.07) is 11.5. The highest BCUT2D eigenvalue weighted by atomic mass is 19.1. The Morgan fingerprint density at radius 1 is 1.09 bits per heavy atom. The number of esters is 1. The number of ether oxygens (including phenoxy) is 1. The number of cyclic esters (lactones) is 1. The summed E-state index contributed by atoms with van der Waals surface area (Å²) in [7, 11) is 0. The molecule has 0 amide bonds. The Labute approximate surface area is 124 Å². The molecule has 6 heteroatoms. The van der Waals surface area contributed by atoms with Crippen molar-refractivity contribution in [1.29, 1.82) is 0 Å². The molecule has 0 radical (unpaired) electrons. The van der Waals surface area contributed by atoms with E-state index in [4.69, 9.17) is 4.74 Å². The van der Waals surface area contributed by atoms with E-state index in [9.17, 15) is 19.3 Å². The van der Waals surface area contributed by atoms with Crippen molar-refractivity contribution in [1.82, 2.24) is 0 Å². The summed E-state index contributed by atoms with van der Waals surface area (Å²) in [4.78, 5) is 22.6. The Morgan fingerprint density at radius 2 is 1.77 bits per heavy atom. The number of hydrogen-bond donors (Lipinski definition) is 0. The van der Waals surface area contributed by atoms with E-state index in [2.05, 4.69) is 0 Å². The highest BCUT2D eigenvalue weighted by Crippen LogP contribution is 2.36. The number of para-hydroxylation sites is 1. The molecule has 2 aromatic carbocycles. The molecule has 0 unspecified atom stereocenters. The second-order valence-corrected chi connectivity index (χ2v) is 4.71. The van der Waals surface area contributed by atoms with Crippen molar-refractivity contribution in [3.63, 3.8) is 0 Å². The summed E-state index contributed by atoms with van der Waals surface area (Å²) in [5, 5.41) is 11.2. The van der Waals surface area contributed by atoms with Crippen LogP contribution in [0.1, 0.15) is 11.1 Å². The number of benzene rings is 2. The maximum atomic E-state index is 13.0. The molecule has 3 rings (SSSR count). The largest absolute Gasteiger partial charge is 0.457 e. The van der Waals surface area contributed by atoms with Crippen LogP contribution in [0.15, 0.2) is 48.5 Å². The molecule has 0 fully saturated rings. The number of hydrogen-bond acceptors (Lipinski definition) is 4. The molecule has 1 heterocycles.